The Morgan fingerprint density at radius 3 is 1.38 bits per heavy atom. The van der Waals surface area contributed by atoms with E-state index in [1.54, 1.807) is 57.2 Å². The van der Waals surface area contributed by atoms with E-state index in [-0.39, 0.29) is 40.0 Å². The van der Waals surface area contributed by atoms with Gasteiger partial charge in [-0.05, 0) is 91.6 Å². The molecule has 3 aliphatic rings. The molecule has 9 rings (SSSR count). The van der Waals surface area contributed by atoms with Gasteiger partial charge in [-0.15, -0.1) is 0 Å². The number of ketones is 1. The number of hydrogen-bond donors (Lipinski definition) is 1. The minimum absolute atomic E-state index is 0.000925. The highest BCUT2D eigenvalue weighted by Crippen LogP contribution is 2.43. The fraction of sp³-hybridized carbons (Fsp3) is 0.348. The topological polar surface area (TPSA) is 256 Å². The maximum Gasteiger partial charge on any atom is 0.338 e. The van der Waals surface area contributed by atoms with Gasteiger partial charge >= 0.3 is 29.8 Å². The van der Waals surface area contributed by atoms with E-state index in [0.717, 1.165) is 34.0 Å². The molecule has 2 saturated heterocycles. The van der Waals surface area contributed by atoms with Crippen molar-refractivity contribution in [3.63, 3.8) is 0 Å². The number of hydrogen-bond acceptors (Lipinski definition) is 19. The lowest BCUT2D eigenvalue weighted by molar-refractivity contribution is -0.342. The molecule has 0 aliphatic carbocycles. The molecule has 93 heavy (non-hydrogen) atoms. The summed E-state index contributed by atoms with van der Waals surface area (Å²) in [6, 6.07) is 41.2. The molecule has 10 atom stereocenters. The van der Waals surface area contributed by atoms with E-state index in [1.807, 2.05) is 81.4 Å². The molecule has 20 nitrogen and oxygen atoms in total. The summed E-state index contributed by atoms with van der Waals surface area (Å²) in [5.41, 5.74) is 2.00. The van der Waals surface area contributed by atoms with Crippen LogP contribution in [0.15, 0.2) is 158 Å². The number of amides is 2. The summed E-state index contributed by atoms with van der Waals surface area (Å²) in [5.74, 6) is -8.40. The van der Waals surface area contributed by atoms with E-state index in [9.17, 15) is 28.8 Å². The number of ether oxygens (including phenoxy) is 9. The third-order valence-corrected chi connectivity index (χ3v) is 21.5. The number of carbonyl (C=O) groups excluding carboxylic acids is 8. The minimum Gasteiger partial charge on any atom is -0.463 e. The second kappa shape index (κ2) is 29.4. The molecule has 0 saturated carbocycles. The maximum absolute atomic E-state index is 15.2. The highest BCUT2D eigenvalue weighted by molar-refractivity contribution is 6.99. The Bertz CT molecular complexity index is 3660. The van der Waals surface area contributed by atoms with Crippen molar-refractivity contribution in [1.29, 1.82) is 5.41 Å². The monoisotopic (exact) mass is 1350 g/mol. The predicted octanol–water partition coefficient (Wildman–Crippen LogP) is 9.87. The Balaban J connectivity index is 1.28. The largest absolute Gasteiger partial charge is 0.463 e. The average molecular weight is 1350 g/mol. The van der Waals surface area contributed by atoms with Crippen molar-refractivity contribution >= 4 is 107 Å². The number of benzene rings is 6. The Hall–Kier alpha value is -8.12. The van der Waals surface area contributed by atoms with E-state index >= 15 is 9.59 Å². The summed E-state index contributed by atoms with van der Waals surface area (Å²) >= 11 is 19.1. The first-order chi connectivity index (χ1) is 44.1. The van der Waals surface area contributed by atoms with Crippen LogP contribution in [-0.2, 0) is 61.4 Å². The fourth-order valence-corrected chi connectivity index (χ4v) is 16.1. The number of Topliss-reactive ketones (excluding diaryl/α,β-unsaturated/α-hetero) is 1. The number of rotatable bonds is 21. The van der Waals surface area contributed by atoms with Crippen LogP contribution in [-0.4, -0.2) is 145 Å². The van der Waals surface area contributed by atoms with Gasteiger partial charge in [-0.25, -0.2) is 14.4 Å². The zero-order valence-corrected chi connectivity index (χ0v) is 55.3. The first-order valence-electron chi connectivity index (χ1n) is 29.8. The lowest BCUT2D eigenvalue weighted by Gasteiger charge is -2.51. The molecule has 2 fully saturated rings. The number of alkyl halides is 3. The van der Waals surface area contributed by atoms with Crippen LogP contribution in [0.3, 0.4) is 0 Å². The van der Waals surface area contributed by atoms with Gasteiger partial charge in [0.25, 0.3) is 23.9 Å². The molecule has 0 spiro atoms. The molecule has 3 heterocycles. The molecule has 0 aromatic heterocycles. The maximum atomic E-state index is 15.2. The second-order valence-electron chi connectivity index (χ2n) is 23.8. The van der Waals surface area contributed by atoms with Crippen molar-refractivity contribution in [3.8, 4) is 0 Å². The number of carbonyl (C=O) groups is 8. The molecule has 6 aromatic carbocycles. The number of nitrogens with one attached hydrogen (secondary N) is 1. The van der Waals surface area contributed by atoms with Gasteiger partial charge in [0, 0.05) is 13.3 Å². The molecule has 2 amide bonds. The molecule has 24 heteroatoms. The standard InChI is InChI=1S/C69H69Cl3N2O18Si/c1-39-23-30-44(31-24-39)62(80)88-56-51(37-83-53(77)36-29-42(4)75)87-66(59(90-64(82)46-34-27-41(3)28-35-46)58(56)89-63(81)45-32-25-40(2)26-33-45)91-57-54(74-60(78)49-21-15-16-22-50(49)61(74)79)65(92-67(73)69(70,71)72)86-52(55(57)85-43(5)76)38-84-93(68(6,7)8,47-17-11-9-12-18-47)48-19-13-10-14-20-48/h9-28,30-35,51-52,54-59,65-66,73H,29,36-38H2,1-8H3/t51-,52-,54-,55+,56-,57-,58+,59-,65+,66+/m1/s1. The Morgan fingerprint density at radius 2 is 0.935 bits per heavy atom. The summed E-state index contributed by atoms with van der Waals surface area (Å²) in [5, 5.41) is 9.95. The van der Waals surface area contributed by atoms with Crippen molar-refractivity contribution in [1.82, 2.24) is 4.90 Å². The number of fused-ring (bicyclic) bond motifs is 1. The van der Waals surface area contributed by atoms with Gasteiger partial charge in [0.05, 0.1) is 40.8 Å². The lowest BCUT2D eigenvalue weighted by Crippen LogP contribution is -2.71. The first kappa shape index (κ1) is 69.2. The summed E-state index contributed by atoms with van der Waals surface area (Å²) < 4.78 is 63.1. The highest BCUT2D eigenvalue weighted by Gasteiger charge is 2.62. The molecule has 1 N–H and O–H groups in total. The zero-order chi connectivity index (χ0) is 67.1. The third-order valence-electron chi connectivity index (χ3n) is 16.0. The molecule has 0 bridgehead atoms. The summed E-state index contributed by atoms with van der Waals surface area (Å²) in [4.78, 5) is 115. The van der Waals surface area contributed by atoms with Gasteiger partial charge in [-0.3, -0.25) is 29.5 Å². The van der Waals surface area contributed by atoms with Crippen molar-refractivity contribution in [2.45, 2.75) is 138 Å². The number of aryl methyl sites for hydroxylation is 3. The Morgan fingerprint density at radius 1 is 0.516 bits per heavy atom. The van der Waals surface area contributed by atoms with Crippen molar-refractivity contribution in [3.05, 3.63) is 202 Å². The molecule has 3 aliphatic heterocycles. The van der Waals surface area contributed by atoms with Crippen LogP contribution in [0.2, 0.25) is 5.04 Å². The zero-order valence-electron chi connectivity index (χ0n) is 52.0. The highest BCUT2D eigenvalue weighted by atomic mass is 35.6. The summed E-state index contributed by atoms with van der Waals surface area (Å²) in [6.45, 7) is 12.4. The first-order valence-corrected chi connectivity index (χ1v) is 32.8. The van der Waals surface area contributed by atoms with Crippen LogP contribution in [0.25, 0.3) is 0 Å². The minimum atomic E-state index is -3.63. The SMILES string of the molecule is CC(=O)CCC(=O)OC[C@H]1O[C@@H](O[C@H]2[C@@H](OC(C)=O)[C@@H](CO[Si](c3ccccc3)(c3ccccc3)C(C)(C)C)O[C@@H](OC(=N)C(Cl)(Cl)Cl)[C@@H]2N2C(=O)c3ccccc3C2=O)[C@H](OC(=O)c2ccc(C)cc2)[C@@H](OC(=O)c2ccc(C)cc2)[C@@H]1OC(=O)c1ccc(C)cc1. The van der Waals surface area contributed by atoms with Crippen molar-refractivity contribution in [2.24, 2.45) is 0 Å². The van der Waals surface area contributed by atoms with Crippen LogP contribution in [0, 0.1) is 26.2 Å². The summed E-state index contributed by atoms with van der Waals surface area (Å²) in [6.07, 6.45) is -18.4. The van der Waals surface area contributed by atoms with E-state index in [4.69, 9.17) is 87.3 Å². The lowest BCUT2D eigenvalue weighted by atomic mass is 9.93. The molecular formula is C69H69Cl3N2O18Si. The van der Waals surface area contributed by atoms with E-state index in [2.05, 4.69) is 0 Å². The van der Waals surface area contributed by atoms with Crippen LogP contribution < -0.4 is 10.4 Å². The Labute approximate surface area is 553 Å². The predicted molar refractivity (Wildman–Crippen MR) is 343 cm³/mol. The molecule has 0 unspecified atom stereocenters. The van der Waals surface area contributed by atoms with Crippen molar-refractivity contribution < 1.29 is 85.4 Å². The summed E-state index contributed by atoms with van der Waals surface area (Å²) in [7, 11) is -3.63. The molecule has 488 valence electrons. The average Bonchev–Trinajstić information content (AvgIpc) is 1.74. The molecule has 6 aromatic rings. The second-order valence-corrected chi connectivity index (χ2v) is 30.4. The van der Waals surface area contributed by atoms with Gasteiger partial charge in [0.1, 0.15) is 36.7 Å². The van der Waals surface area contributed by atoms with E-state index in [1.165, 1.54) is 67.6 Å². The number of imide groups is 1. The van der Waals surface area contributed by atoms with Crippen LogP contribution in [0.4, 0.5) is 0 Å². The molecular weight excluding hydrogens is 1280 g/mol. The van der Waals surface area contributed by atoms with E-state index in [0.29, 0.717) is 4.90 Å². The van der Waals surface area contributed by atoms with Crippen molar-refractivity contribution in [2.75, 3.05) is 13.2 Å². The molecule has 0 radical (unpaired) electrons. The fourth-order valence-electron chi connectivity index (χ4n) is 11.4. The van der Waals surface area contributed by atoms with Gasteiger partial charge in [0.15, 0.2) is 30.7 Å². The number of halogens is 3. The third kappa shape index (κ3) is 15.9. The number of esters is 5. The van der Waals surface area contributed by atoms with Crippen LogP contribution in [0.5, 0.6) is 0 Å². The smallest absolute Gasteiger partial charge is 0.338 e. The van der Waals surface area contributed by atoms with Gasteiger partial charge in [0.2, 0.25) is 12.2 Å². The van der Waals surface area contributed by atoms with Gasteiger partial charge < -0.3 is 51.9 Å². The van der Waals surface area contributed by atoms with Crippen LogP contribution >= 0.6 is 34.8 Å². The van der Waals surface area contributed by atoms with Gasteiger partial charge in [-0.2, -0.15) is 0 Å². The van der Waals surface area contributed by atoms with Gasteiger partial charge in [-0.1, -0.05) is 181 Å². The quantitative estimate of drug-likeness (QED) is 0.0134. The van der Waals surface area contributed by atoms with E-state index < -0.39 is 146 Å². The Kier molecular flexibility index (Phi) is 21.9. The number of nitrogens with zero attached hydrogens (tertiary/aromatic N) is 1. The van der Waals surface area contributed by atoms with Crippen LogP contribution in [0.1, 0.15) is 116 Å². The normalized spacial score (nSPS) is 22.2.